The van der Waals surface area contributed by atoms with E-state index in [0.717, 1.165) is 24.1 Å². The first kappa shape index (κ1) is 24.3. The van der Waals surface area contributed by atoms with E-state index in [-0.39, 0.29) is 24.7 Å². The number of urea groups is 1. The number of nitrogens with one attached hydrogen (secondary N) is 2. The Morgan fingerprint density at radius 1 is 1.21 bits per heavy atom. The van der Waals surface area contributed by atoms with Crippen LogP contribution >= 0.6 is 23.2 Å². The summed E-state index contributed by atoms with van der Waals surface area (Å²) in [7, 11) is 1.60. The van der Waals surface area contributed by atoms with Crippen molar-refractivity contribution in [3.8, 4) is 5.75 Å². The topological polar surface area (TPSA) is 101 Å². The Morgan fingerprint density at radius 2 is 1.91 bits per heavy atom. The third-order valence-corrected chi connectivity index (χ3v) is 7.26. The minimum atomic E-state index is -1.36. The molecule has 34 heavy (non-hydrogen) atoms. The quantitative estimate of drug-likeness (QED) is 0.580. The fourth-order valence-corrected chi connectivity index (χ4v) is 5.01. The standard InChI is InChI=1S/C24H26Cl2N4O4/c1-14-4-3-5-20(27-14)24(22(32)28-23(33)29-24)9-6-21(31)30-10-7-15(8-11-30)16-12-17(25)18(26)13-19(16)34-2/h3-5,12-13,15H,6-11H2,1-2H3,(H2,28,29,32,33). The molecule has 0 aliphatic carbocycles. The number of aryl methyl sites for hydroxylation is 1. The molecule has 4 rings (SSSR count). The van der Waals surface area contributed by atoms with Crippen molar-refractivity contribution in [3.05, 3.63) is 57.3 Å². The van der Waals surface area contributed by atoms with E-state index < -0.39 is 17.5 Å². The molecule has 2 saturated heterocycles. The van der Waals surface area contributed by atoms with Crippen molar-refractivity contribution in [2.75, 3.05) is 20.2 Å². The Hall–Kier alpha value is -2.84. The van der Waals surface area contributed by atoms with Crippen molar-refractivity contribution in [3.63, 3.8) is 0 Å². The number of imide groups is 1. The van der Waals surface area contributed by atoms with Gasteiger partial charge in [-0.1, -0.05) is 29.3 Å². The number of piperidine rings is 1. The highest BCUT2D eigenvalue weighted by Crippen LogP contribution is 2.39. The van der Waals surface area contributed by atoms with E-state index in [1.165, 1.54) is 0 Å². The number of pyridine rings is 1. The summed E-state index contributed by atoms with van der Waals surface area (Å²) >= 11 is 12.3. The van der Waals surface area contributed by atoms with Crippen LogP contribution in [0.1, 0.15) is 48.6 Å². The van der Waals surface area contributed by atoms with Gasteiger partial charge >= 0.3 is 6.03 Å². The summed E-state index contributed by atoms with van der Waals surface area (Å²) in [6, 6.07) is 8.25. The number of benzene rings is 1. The van der Waals surface area contributed by atoms with Crippen LogP contribution in [-0.4, -0.2) is 47.9 Å². The maximum Gasteiger partial charge on any atom is 0.322 e. The smallest absolute Gasteiger partial charge is 0.322 e. The summed E-state index contributed by atoms with van der Waals surface area (Å²) in [5.74, 6) is 0.320. The lowest BCUT2D eigenvalue weighted by molar-refractivity contribution is -0.133. The highest BCUT2D eigenvalue weighted by molar-refractivity contribution is 6.42. The minimum Gasteiger partial charge on any atom is -0.496 e. The van der Waals surface area contributed by atoms with Crippen LogP contribution in [0.4, 0.5) is 4.79 Å². The van der Waals surface area contributed by atoms with Gasteiger partial charge in [-0.25, -0.2) is 4.79 Å². The fraction of sp³-hybridized carbons (Fsp3) is 0.417. The van der Waals surface area contributed by atoms with Gasteiger partial charge in [0.2, 0.25) is 5.91 Å². The van der Waals surface area contributed by atoms with Crippen LogP contribution in [0.15, 0.2) is 30.3 Å². The first-order chi connectivity index (χ1) is 16.2. The number of carbonyl (C=O) groups excluding carboxylic acids is 3. The number of aromatic nitrogens is 1. The third-order valence-electron chi connectivity index (χ3n) is 6.54. The monoisotopic (exact) mass is 504 g/mol. The number of halogens is 2. The summed E-state index contributed by atoms with van der Waals surface area (Å²) in [6.45, 7) is 2.95. The molecule has 3 heterocycles. The number of carbonyl (C=O) groups is 3. The van der Waals surface area contributed by atoms with Gasteiger partial charge < -0.3 is 15.0 Å². The normalized spacial score (nSPS) is 20.8. The molecule has 1 aromatic heterocycles. The maximum absolute atomic E-state index is 13.0. The first-order valence-corrected chi connectivity index (χ1v) is 11.9. The van der Waals surface area contributed by atoms with Crippen LogP contribution in [-0.2, 0) is 15.1 Å². The Bertz CT molecular complexity index is 1130. The molecule has 0 radical (unpaired) electrons. The average molecular weight is 505 g/mol. The van der Waals surface area contributed by atoms with Crippen molar-refractivity contribution >= 4 is 41.0 Å². The zero-order valence-corrected chi connectivity index (χ0v) is 20.5. The predicted molar refractivity (Wildman–Crippen MR) is 128 cm³/mol. The summed E-state index contributed by atoms with van der Waals surface area (Å²) in [5, 5.41) is 5.90. The molecule has 10 heteroatoms. The first-order valence-electron chi connectivity index (χ1n) is 11.1. The van der Waals surface area contributed by atoms with Crippen molar-refractivity contribution in [2.24, 2.45) is 0 Å². The van der Waals surface area contributed by atoms with Crippen LogP contribution in [0, 0.1) is 6.92 Å². The fourth-order valence-electron chi connectivity index (χ4n) is 4.69. The van der Waals surface area contributed by atoms with E-state index in [9.17, 15) is 14.4 Å². The van der Waals surface area contributed by atoms with Crippen molar-refractivity contribution in [2.45, 2.75) is 44.1 Å². The van der Waals surface area contributed by atoms with Gasteiger partial charge in [0.1, 0.15) is 5.75 Å². The number of rotatable bonds is 6. The number of methoxy groups -OCH3 is 1. The van der Waals surface area contributed by atoms with Gasteiger partial charge in [-0.2, -0.15) is 0 Å². The van der Waals surface area contributed by atoms with Crippen LogP contribution in [0.3, 0.4) is 0 Å². The van der Waals surface area contributed by atoms with Gasteiger partial charge in [0.25, 0.3) is 5.91 Å². The van der Waals surface area contributed by atoms with Crippen LogP contribution in [0.2, 0.25) is 10.0 Å². The van der Waals surface area contributed by atoms with Crippen LogP contribution in [0.5, 0.6) is 5.75 Å². The molecule has 2 fully saturated rings. The molecule has 2 aliphatic heterocycles. The largest absolute Gasteiger partial charge is 0.496 e. The molecule has 0 bridgehead atoms. The number of hydrogen-bond acceptors (Lipinski definition) is 5. The van der Waals surface area contributed by atoms with Gasteiger partial charge in [0, 0.05) is 31.3 Å². The van der Waals surface area contributed by atoms with E-state index in [2.05, 4.69) is 15.6 Å². The SMILES string of the molecule is COc1cc(Cl)c(Cl)cc1C1CCN(C(=O)CCC2(c3cccc(C)n3)NC(=O)NC2=O)CC1. The second-order valence-electron chi connectivity index (χ2n) is 8.64. The van der Waals surface area contributed by atoms with Gasteiger partial charge in [0.15, 0.2) is 5.54 Å². The van der Waals surface area contributed by atoms with E-state index in [1.54, 1.807) is 30.2 Å². The minimum absolute atomic E-state index is 0.0690. The molecule has 2 N–H and O–H groups in total. The molecule has 8 nitrogen and oxygen atoms in total. The van der Waals surface area contributed by atoms with Gasteiger partial charge in [-0.15, -0.1) is 0 Å². The van der Waals surface area contributed by atoms with Crippen LogP contribution in [0.25, 0.3) is 0 Å². The number of nitrogens with zero attached hydrogens (tertiary/aromatic N) is 2. The molecule has 180 valence electrons. The third kappa shape index (κ3) is 4.70. The number of amides is 4. The molecular weight excluding hydrogens is 479 g/mol. The van der Waals surface area contributed by atoms with E-state index in [4.69, 9.17) is 27.9 Å². The summed E-state index contributed by atoms with van der Waals surface area (Å²) < 4.78 is 5.48. The van der Waals surface area contributed by atoms with E-state index >= 15 is 0 Å². The van der Waals surface area contributed by atoms with Crippen molar-refractivity contribution in [1.29, 1.82) is 0 Å². The zero-order valence-electron chi connectivity index (χ0n) is 19.0. The van der Waals surface area contributed by atoms with Crippen molar-refractivity contribution < 1.29 is 19.1 Å². The van der Waals surface area contributed by atoms with Crippen molar-refractivity contribution in [1.82, 2.24) is 20.5 Å². The summed E-state index contributed by atoms with van der Waals surface area (Å²) in [6.07, 6.45) is 1.73. The Kier molecular flexibility index (Phi) is 7.00. The Labute approximate surface area is 208 Å². The molecule has 2 aliphatic rings. The highest BCUT2D eigenvalue weighted by atomic mass is 35.5. The molecular formula is C24H26Cl2N4O4. The molecule has 1 unspecified atom stereocenters. The lowest BCUT2D eigenvalue weighted by Gasteiger charge is -2.34. The second kappa shape index (κ2) is 9.80. The lowest BCUT2D eigenvalue weighted by atomic mass is 9.87. The molecule has 2 aromatic rings. The lowest BCUT2D eigenvalue weighted by Crippen LogP contribution is -2.46. The van der Waals surface area contributed by atoms with Crippen LogP contribution < -0.4 is 15.4 Å². The molecule has 0 saturated carbocycles. The summed E-state index contributed by atoms with van der Waals surface area (Å²) in [5.41, 5.74) is 0.773. The van der Waals surface area contributed by atoms with E-state index in [0.29, 0.717) is 34.6 Å². The molecule has 1 atom stereocenters. The van der Waals surface area contributed by atoms with Gasteiger partial charge in [-0.05, 0) is 55.9 Å². The predicted octanol–water partition coefficient (Wildman–Crippen LogP) is 3.93. The zero-order chi connectivity index (χ0) is 24.5. The Morgan fingerprint density at radius 3 is 2.53 bits per heavy atom. The molecule has 1 aromatic carbocycles. The average Bonchev–Trinajstić information content (AvgIpc) is 3.12. The highest BCUT2D eigenvalue weighted by Gasteiger charge is 2.49. The maximum atomic E-state index is 13.0. The number of hydrogen-bond donors (Lipinski definition) is 2. The summed E-state index contributed by atoms with van der Waals surface area (Å²) in [4.78, 5) is 44.0. The number of ether oxygens (including phenoxy) is 1. The number of likely N-dealkylation sites (tertiary alicyclic amines) is 1. The van der Waals surface area contributed by atoms with Gasteiger partial charge in [-0.3, -0.25) is 19.9 Å². The second-order valence-corrected chi connectivity index (χ2v) is 9.46. The molecule has 0 spiro atoms. The Balaban J connectivity index is 1.43. The van der Waals surface area contributed by atoms with Gasteiger partial charge in [0.05, 0.1) is 22.8 Å². The van der Waals surface area contributed by atoms with E-state index in [1.807, 2.05) is 19.1 Å². The molecule has 4 amide bonds.